The number of hydrogen-bond acceptors (Lipinski definition) is 2. The quantitative estimate of drug-likeness (QED) is 0.162. The molecule has 1 unspecified atom stereocenters. The summed E-state index contributed by atoms with van der Waals surface area (Å²) >= 11 is 0. The first-order chi connectivity index (χ1) is 26.3. The molecular formula is C51H35NO. The molecule has 0 amide bonds. The lowest BCUT2D eigenvalue weighted by Crippen LogP contribution is -2.14. The van der Waals surface area contributed by atoms with E-state index in [9.17, 15) is 0 Å². The third-order valence-electron chi connectivity index (χ3n) is 10.6. The van der Waals surface area contributed by atoms with Gasteiger partial charge >= 0.3 is 0 Å². The highest BCUT2D eigenvalue weighted by atomic mass is 16.5. The zero-order chi connectivity index (χ0) is 35.1. The van der Waals surface area contributed by atoms with Crippen molar-refractivity contribution in [2.24, 2.45) is 0 Å². The van der Waals surface area contributed by atoms with E-state index in [0.717, 1.165) is 33.9 Å². The molecule has 2 nitrogen and oxygen atoms in total. The smallest absolute Gasteiger partial charge is 0.140 e. The standard InChI is InChI=1S/C51H35NO/c1-3-14-35(15-4-1)37-26-30-40(31-27-37)52(41-32-28-38(29-33-41)36-16-5-2-6-17-36)42-19-13-18-39(34-42)49-47-24-11-12-25-48(47)53-51-46-23-10-8-21-44(46)43-20-7-9-22-45(43)50(49)51/h1-34,49H. The van der Waals surface area contributed by atoms with Gasteiger partial charge in [-0.1, -0.05) is 164 Å². The first-order valence-corrected chi connectivity index (χ1v) is 18.2. The molecule has 53 heavy (non-hydrogen) atoms. The van der Waals surface area contributed by atoms with E-state index >= 15 is 0 Å². The van der Waals surface area contributed by atoms with Crippen LogP contribution in [0, 0.1) is 0 Å². The van der Waals surface area contributed by atoms with Gasteiger partial charge in [-0.3, -0.25) is 0 Å². The van der Waals surface area contributed by atoms with Gasteiger partial charge in [-0.15, -0.1) is 0 Å². The Morgan fingerprint density at radius 2 is 0.849 bits per heavy atom. The normalized spacial score (nSPS) is 13.2. The summed E-state index contributed by atoms with van der Waals surface area (Å²) in [6.07, 6.45) is 0. The fourth-order valence-electron chi connectivity index (χ4n) is 8.11. The molecule has 250 valence electrons. The second kappa shape index (κ2) is 13.0. The largest absolute Gasteiger partial charge is 0.456 e. The van der Waals surface area contributed by atoms with Crippen LogP contribution in [-0.4, -0.2) is 0 Å². The second-order valence-electron chi connectivity index (χ2n) is 13.7. The van der Waals surface area contributed by atoms with Crippen molar-refractivity contribution >= 4 is 38.6 Å². The molecule has 1 aliphatic heterocycles. The van der Waals surface area contributed by atoms with E-state index in [1.807, 2.05) is 0 Å². The van der Waals surface area contributed by atoms with Crippen LogP contribution in [0.2, 0.25) is 0 Å². The molecule has 1 heterocycles. The first-order valence-electron chi connectivity index (χ1n) is 18.2. The maximum absolute atomic E-state index is 6.85. The molecular weight excluding hydrogens is 643 g/mol. The molecule has 9 aromatic rings. The number of fused-ring (bicyclic) bond motifs is 7. The number of benzene rings is 9. The third kappa shape index (κ3) is 5.44. The van der Waals surface area contributed by atoms with E-state index in [2.05, 4.69) is 211 Å². The lowest BCUT2D eigenvalue weighted by Gasteiger charge is -2.32. The molecule has 0 radical (unpaired) electrons. The Morgan fingerprint density at radius 1 is 0.358 bits per heavy atom. The maximum Gasteiger partial charge on any atom is 0.140 e. The van der Waals surface area contributed by atoms with Crippen molar-refractivity contribution in [2.45, 2.75) is 5.92 Å². The monoisotopic (exact) mass is 677 g/mol. The molecule has 10 rings (SSSR count). The van der Waals surface area contributed by atoms with Gasteiger partial charge in [0.1, 0.15) is 11.5 Å². The van der Waals surface area contributed by atoms with Crippen LogP contribution in [0.3, 0.4) is 0 Å². The summed E-state index contributed by atoms with van der Waals surface area (Å²) in [5.41, 5.74) is 11.7. The second-order valence-corrected chi connectivity index (χ2v) is 13.7. The molecule has 0 aromatic heterocycles. The molecule has 0 N–H and O–H groups in total. The summed E-state index contributed by atoms with van der Waals surface area (Å²) in [4.78, 5) is 2.37. The summed E-state index contributed by atoms with van der Waals surface area (Å²) in [5, 5.41) is 4.80. The van der Waals surface area contributed by atoms with Crippen LogP contribution in [0.4, 0.5) is 17.1 Å². The highest BCUT2D eigenvalue weighted by molar-refractivity contribution is 6.13. The lowest BCUT2D eigenvalue weighted by molar-refractivity contribution is 0.460. The van der Waals surface area contributed by atoms with Gasteiger partial charge in [0, 0.05) is 39.5 Å². The minimum absolute atomic E-state index is 0.0350. The topological polar surface area (TPSA) is 12.5 Å². The van der Waals surface area contributed by atoms with Crippen LogP contribution >= 0.6 is 0 Å². The van der Waals surface area contributed by atoms with Crippen LogP contribution in [-0.2, 0) is 0 Å². The third-order valence-corrected chi connectivity index (χ3v) is 10.6. The van der Waals surface area contributed by atoms with Crippen molar-refractivity contribution in [1.29, 1.82) is 0 Å². The number of rotatable bonds is 6. The molecule has 0 saturated carbocycles. The lowest BCUT2D eigenvalue weighted by atomic mass is 9.79. The maximum atomic E-state index is 6.85. The number of nitrogens with zero attached hydrogens (tertiary/aromatic N) is 1. The molecule has 1 atom stereocenters. The summed E-state index contributed by atoms with van der Waals surface area (Å²) in [7, 11) is 0. The molecule has 0 bridgehead atoms. The summed E-state index contributed by atoms with van der Waals surface area (Å²) in [6, 6.07) is 74.0. The molecule has 0 aliphatic carbocycles. The number of hydrogen-bond donors (Lipinski definition) is 0. The highest BCUT2D eigenvalue weighted by Crippen LogP contribution is 2.53. The zero-order valence-electron chi connectivity index (χ0n) is 29.1. The predicted octanol–water partition coefficient (Wildman–Crippen LogP) is 14.1. The minimum atomic E-state index is -0.0350. The average Bonchev–Trinajstić information content (AvgIpc) is 3.24. The van der Waals surface area contributed by atoms with Crippen molar-refractivity contribution < 1.29 is 4.74 Å². The molecule has 9 aromatic carbocycles. The van der Waals surface area contributed by atoms with E-state index in [1.54, 1.807) is 0 Å². The minimum Gasteiger partial charge on any atom is -0.456 e. The number of ether oxygens (including phenoxy) is 1. The first kappa shape index (κ1) is 30.9. The van der Waals surface area contributed by atoms with Crippen molar-refractivity contribution in [2.75, 3.05) is 4.90 Å². The fraction of sp³-hybridized carbons (Fsp3) is 0.0196. The van der Waals surface area contributed by atoms with Gasteiger partial charge in [-0.05, 0) is 86.4 Å². The molecule has 0 fully saturated rings. The van der Waals surface area contributed by atoms with Crippen LogP contribution < -0.4 is 9.64 Å². The molecule has 1 aliphatic rings. The van der Waals surface area contributed by atoms with Gasteiger partial charge in [-0.25, -0.2) is 0 Å². The Bertz CT molecular complexity index is 2650. The Morgan fingerprint density at radius 3 is 1.47 bits per heavy atom. The van der Waals surface area contributed by atoms with E-state index in [1.165, 1.54) is 55.1 Å². The van der Waals surface area contributed by atoms with Crippen LogP contribution in [0.1, 0.15) is 22.6 Å². The summed E-state index contributed by atoms with van der Waals surface area (Å²) < 4.78 is 6.85. The SMILES string of the molecule is c1ccc(-c2ccc(N(c3ccc(-c4ccccc4)cc3)c3cccc(C4c5ccccc5Oc5c4c4ccccc4c4ccccc54)c3)cc2)cc1. The van der Waals surface area contributed by atoms with Gasteiger partial charge < -0.3 is 9.64 Å². The number of anilines is 3. The summed E-state index contributed by atoms with van der Waals surface area (Å²) in [6.45, 7) is 0. The van der Waals surface area contributed by atoms with Crippen LogP contribution in [0.25, 0.3) is 43.8 Å². The van der Waals surface area contributed by atoms with Crippen molar-refractivity contribution in [1.82, 2.24) is 0 Å². The van der Waals surface area contributed by atoms with Crippen molar-refractivity contribution in [3.05, 3.63) is 223 Å². The van der Waals surface area contributed by atoms with Crippen molar-refractivity contribution in [3.63, 3.8) is 0 Å². The van der Waals surface area contributed by atoms with Gasteiger partial charge in [-0.2, -0.15) is 0 Å². The van der Waals surface area contributed by atoms with Gasteiger partial charge in [0.2, 0.25) is 0 Å². The zero-order valence-corrected chi connectivity index (χ0v) is 29.1. The van der Waals surface area contributed by atoms with Gasteiger partial charge in [0.05, 0.1) is 0 Å². The van der Waals surface area contributed by atoms with E-state index in [-0.39, 0.29) is 5.92 Å². The van der Waals surface area contributed by atoms with E-state index < -0.39 is 0 Å². The predicted molar refractivity (Wildman–Crippen MR) is 221 cm³/mol. The van der Waals surface area contributed by atoms with E-state index in [0.29, 0.717) is 0 Å². The number of para-hydroxylation sites is 1. The Hall–Kier alpha value is -6.90. The summed E-state index contributed by atoms with van der Waals surface area (Å²) in [5.74, 6) is 1.81. The van der Waals surface area contributed by atoms with Gasteiger partial charge in [0.15, 0.2) is 0 Å². The highest BCUT2D eigenvalue weighted by Gasteiger charge is 2.32. The van der Waals surface area contributed by atoms with Crippen LogP contribution in [0.15, 0.2) is 206 Å². The molecule has 2 heteroatoms. The average molecular weight is 678 g/mol. The van der Waals surface area contributed by atoms with Crippen LogP contribution in [0.5, 0.6) is 11.5 Å². The Labute approximate surface area is 309 Å². The molecule has 0 spiro atoms. The molecule has 0 saturated heterocycles. The fourth-order valence-corrected chi connectivity index (χ4v) is 8.11. The van der Waals surface area contributed by atoms with Gasteiger partial charge in [0.25, 0.3) is 0 Å². The Balaban J connectivity index is 1.15. The van der Waals surface area contributed by atoms with Crippen molar-refractivity contribution in [3.8, 4) is 33.8 Å². The Kier molecular flexibility index (Phi) is 7.58. The van der Waals surface area contributed by atoms with E-state index in [4.69, 9.17) is 4.74 Å².